The molecule has 1 unspecified atom stereocenters. The molecule has 1 aliphatic rings. The second-order valence-electron chi connectivity index (χ2n) is 5.41. The maximum Gasteiger partial charge on any atom is 0.276 e. The molecule has 2 heterocycles. The van der Waals surface area contributed by atoms with Crippen molar-refractivity contribution in [1.29, 1.82) is 0 Å². The van der Waals surface area contributed by atoms with E-state index >= 15 is 0 Å². The van der Waals surface area contributed by atoms with Crippen molar-refractivity contribution < 1.29 is 19.1 Å². The van der Waals surface area contributed by atoms with E-state index in [2.05, 4.69) is 4.98 Å². The number of carbonyl (C=O) groups is 2. The molecule has 1 fully saturated rings. The first-order valence-electron chi connectivity index (χ1n) is 6.60. The van der Waals surface area contributed by atoms with Gasteiger partial charge in [-0.25, -0.2) is 4.98 Å². The first kappa shape index (κ1) is 14.5. The molecule has 1 saturated heterocycles. The first-order valence-corrected chi connectivity index (χ1v) is 6.60. The molecule has 7 nitrogen and oxygen atoms in total. The summed E-state index contributed by atoms with van der Waals surface area (Å²) < 4.78 is 4.77. The summed E-state index contributed by atoms with van der Waals surface area (Å²) in [5.41, 5.74) is 0.141. The zero-order valence-corrected chi connectivity index (χ0v) is 11.7. The number of carbonyl (C=O) groups excluding carboxylic acids is 2. The van der Waals surface area contributed by atoms with Gasteiger partial charge in [0, 0.05) is 19.6 Å². The first-order chi connectivity index (χ1) is 9.47. The highest BCUT2D eigenvalue weighted by atomic mass is 16.3. The predicted octanol–water partition coefficient (Wildman–Crippen LogP) is -0.0241. The molecule has 0 aliphatic carbocycles. The molecule has 1 aromatic rings. The highest BCUT2D eigenvalue weighted by molar-refractivity contribution is 5.94. The molecule has 7 heteroatoms. The van der Waals surface area contributed by atoms with Crippen molar-refractivity contribution in [3.8, 4) is 0 Å². The van der Waals surface area contributed by atoms with Gasteiger partial charge in [0.25, 0.3) is 5.91 Å². The molecule has 110 valence electrons. The number of aromatic nitrogens is 1. The largest absolute Gasteiger partial charge is 0.451 e. The van der Waals surface area contributed by atoms with Crippen LogP contribution in [-0.4, -0.2) is 64.0 Å². The van der Waals surface area contributed by atoms with Crippen LogP contribution in [0.15, 0.2) is 17.1 Å². The second kappa shape index (κ2) is 6.04. The van der Waals surface area contributed by atoms with Crippen molar-refractivity contribution in [3.63, 3.8) is 0 Å². The Kier molecular flexibility index (Phi) is 4.39. The van der Waals surface area contributed by atoms with Crippen LogP contribution in [0.25, 0.3) is 0 Å². The summed E-state index contributed by atoms with van der Waals surface area (Å²) in [4.78, 5) is 31.0. The zero-order chi connectivity index (χ0) is 14.7. The van der Waals surface area contributed by atoms with Crippen molar-refractivity contribution in [3.05, 3.63) is 18.4 Å². The maximum atomic E-state index is 12.2. The average molecular weight is 281 g/mol. The Bertz CT molecular complexity index is 472. The van der Waals surface area contributed by atoms with E-state index < -0.39 is 12.0 Å². The topological polar surface area (TPSA) is 86.9 Å². The Hall–Kier alpha value is -1.89. The highest BCUT2D eigenvalue weighted by Gasteiger charge is 2.30. The highest BCUT2D eigenvalue weighted by Crippen LogP contribution is 2.11. The molecule has 0 aromatic carbocycles. The van der Waals surface area contributed by atoms with Crippen LogP contribution in [0.5, 0.6) is 0 Å². The van der Waals surface area contributed by atoms with Gasteiger partial charge in [0.1, 0.15) is 12.8 Å². The van der Waals surface area contributed by atoms with Gasteiger partial charge < -0.3 is 19.3 Å². The molecule has 1 aromatic heterocycles. The lowest BCUT2D eigenvalue weighted by atomic mass is 10.2. The number of β-amino-alcohol motifs (C(OH)–C–C–N with tert-alkyl or cyclic N) is 1. The van der Waals surface area contributed by atoms with Crippen LogP contribution in [0.4, 0.5) is 0 Å². The third kappa shape index (κ3) is 3.36. The Balaban J connectivity index is 2.10. The number of aliphatic hydroxyl groups excluding tert-OH is 1. The number of rotatable bonds is 3. The zero-order valence-electron chi connectivity index (χ0n) is 11.7. The SMILES string of the molecule is CC(C)CN1CC(O)CN(C(=O)c2cocn2)CC1=O. The molecule has 2 amide bonds. The van der Waals surface area contributed by atoms with E-state index in [0.29, 0.717) is 12.5 Å². The van der Waals surface area contributed by atoms with Gasteiger partial charge in [0.2, 0.25) is 5.91 Å². The summed E-state index contributed by atoms with van der Waals surface area (Å²) in [6.45, 7) is 4.90. The van der Waals surface area contributed by atoms with E-state index in [1.807, 2.05) is 13.8 Å². The number of hydrogen-bond donors (Lipinski definition) is 1. The molecular weight excluding hydrogens is 262 g/mol. The quantitative estimate of drug-likeness (QED) is 0.841. The fraction of sp³-hybridized carbons (Fsp3) is 0.615. The number of nitrogens with zero attached hydrogens (tertiary/aromatic N) is 3. The third-order valence-electron chi connectivity index (χ3n) is 3.07. The predicted molar refractivity (Wildman–Crippen MR) is 69.8 cm³/mol. The van der Waals surface area contributed by atoms with Crippen LogP contribution in [0.2, 0.25) is 0 Å². The summed E-state index contributed by atoms with van der Waals surface area (Å²) in [5, 5.41) is 9.98. The minimum Gasteiger partial charge on any atom is -0.451 e. The van der Waals surface area contributed by atoms with Gasteiger partial charge in [0.05, 0.1) is 6.10 Å². The lowest BCUT2D eigenvalue weighted by molar-refractivity contribution is -0.131. The summed E-state index contributed by atoms with van der Waals surface area (Å²) in [7, 11) is 0. The number of hydrogen-bond acceptors (Lipinski definition) is 5. The van der Waals surface area contributed by atoms with Crippen LogP contribution >= 0.6 is 0 Å². The van der Waals surface area contributed by atoms with Gasteiger partial charge in [-0.15, -0.1) is 0 Å². The van der Waals surface area contributed by atoms with Crippen molar-refractivity contribution in [1.82, 2.24) is 14.8 Å². The van der Waals surface area contributed by atoms with Crippen molar-refractivity contribution >= 4 is 11.8 Å². The summed E-state index contributed by atoms with van der Waals surface area (Å²) >= 11 is 0. The van der Waals surface area contributed by atoms with Gasteiger partial charge in [-0.05, 0) is 5.92 Å². The summed E-state index contributed by atoms with van der Waals surface area (Å²) in [6.07, 6.45) is 1.64. The number of aliphatic hydroxyl groups is 1. The van der Waals surface area contributed by atoms with E-state index in [9.17, 15) is 14.7 Å². The molecule has 0 bridgehead atoms. The lowest BCUT2D eigenvalue weighted by Gasteiger charge is -2.23. The van der Waals surface area contributed by atoms with Crippen LogP contribution in [0.1, 0.15) is 24.3 Å². The smallest absolute Gasteiger partial charge is 0.276 e. The maximum absolute atomic E-state index is 12.2. The van der Waals surface area contributed by atoms with Gasteiger partial charge >= 0.3 is 0 Å². The number of oxazole rings is 1. The minimum absolute atomic E-state index is 0.0462. The molecule has 1 atom stereocenters. The normalized spacial score (nSPS) is 20.4. The summed E-state index contributed by atoms with van der Waals surface area (Å²) in [6, 6.07) is 0. The van der Waals surface area contributed by atoms with Crippen molar-refractivity contribution in [2.75, 3.05) is 26.2 Å². The van der Waals surface area contributed by atoms with Gasteiger partial charge in [0.15, 0.2) is 12.1 Å². The molecule has 1 N–H and O–H groups in total. The van der Waals surface area contributed by atoms with Crippen molar-refractivity contribution in [2.45, 2.75) is 20.0 Å². The third-order valence-corrected chi connectivity index (χ3v) is 3.07. The minimum atomic E-state index is -0.754. The van der Waals surface area contributed by atoms with Crippen LogP contribution in [0, 0.1) is 5.92 Å². The van der Waals surface area contributed by atoms with Gasteiger partial charge in [-0.3, -0.25) is 9.59 Å². The van der Waals surface area contributed by atoms with Crippen molar-refractivity contribution in [2.24, 2.45) is 5.92 Å². The molecule has 0 saturated carbocycles. The molecule has 0 spiro atoms. The Morgan fingerprint density at radius 3 is 2.90 bits per heavy atom. The van der Waals surface area contributed by atoms with E-state index in [4.69, 9.17) is 4.42 Å². The van der Waals surface area contributed by atoms with E-state index in [1.165, 1.54) is 11.2 Å². The van der Waals surface area contributed by atoms with Crippen LogP contribution < -0.4 is 0 Å². The van der Waals surface area contributed by atoms with E-state index in [0.717, 1.165) is 6.39 Å². The Morgan fingerprint density at radius 2 is 2.30 bits per heavy atom. The fourth-order valence-corrected chi connectivity index (χ4v) is 2.25. The van der Waals surface area contributed by atoms with E-state index in [1.54, 1.807) is 4.90 Å². The van der Waals surface area contributed by atoms with Crippen LogP contribution in [0.3, 0.4) is 0 Å². The molecule has 1 aliphatic heterocycles. The molecule has 0 radical (unpaired) electrons. The average Bonchev–Trinajstić information content (AvgIpc) is 2.85. The van der Waals surface area contributed by atoms with E-state index in [-0.39, 0.29) is 31.2 Å². The van der Waals surface area contributed by atoms with Gasteiger partial charge in [-0.2, -0.15) is 0 Å². The monoisotopic (exact) mass is 281 g/mol. The second-order valence-corrected chi connectivity index (χ2v) is 5.41. The molecular formula is C13H19N3O4. The molecule has 2 rings (SSSR count). The Labute approximate surface area is 117 Å². The molecule has 20 heavy (non-hydrogen) atoms. The van der Waals surface area contributed by atoms with Crippen LogP contribution in [-0.2, 0) is 4.79 Å². The Morgan fingerprint density at radius 1 is 1.55 bits per heavy atom. The standard InChI is InChI=1S/C13H19N3O4/c1-9(2)3-15-4-10(17)5-16(6-12(15)18)13(19)11-7-20-8-14-11/h7-10,17H,3-6H2,1-2H3. The van der Waals surface area contributed by atoms with Gasteiger partial charge in [-0.1, -0.05) is 13.8 Å². The lowest BCUT2D eigenvalue weighted by Crippen LogP contribution is -2.40. The number of amides is 2. The fourth-order valence-electron chi connectivity index (χ4n) is 2.25. The summed E-state index contributed by atoms with van der Waals surface area (Å²) in [5.74, 6) is -0.256.